The van der Waals surface area contributed by atoms with Crippen LogP contribution in [0.2, 0.25) is 0 Å². The zero-order valence-electron chi connectivity index (χ0n) is 13.6. The molecule has 2 N–H and O–H groups in total. The zero-order valence-corrected chi connectivity index (χ0v) is 13.6. The van der Waals surface area contributed by atoms with E-state index in [0.717, 1.165) is 16.8 Å². The number of aromatic nitrogens is 2. The van der Waals surface area contributed by atoms with Crippen molar-refractivity contribution in [2.45, 2.75) is 31.1 Å². The van der Waals surface area contributed by atoms with Crippen molar-refractivity contribution in [3.05, 3.63) is 69.0 Å². The van der Waals surface area contributed by atoms with E-state index in [9.17, 15) is 29.0 Å². The van der Waals surface area contributed by atoms with E-state index in [0.29, 0.717) is 10.1 Å². The Labute approximate surface area is 146 Å². The van der Waals surface area contributed by atoms with Gasteiger partial charge >= 0.3 is 5.69 Å². The molecule has 4 atom stereocenters. The Balaban J connectivity index is 1.94. The number of hydrogen-bond donors (Lipinski definition) is 2. The van der Waals surface area contributed by atoms with Crippen molar-refractivity contribution in [2.24, 2.45) is 0 Å². The number of nitrogens with zero attached hydrogens (tertiary/aromatic N) is 2. The third-order valence-corrected chi connectivity index (χ3v) is 4.26. The first-order valence-electron chi connectivity index (χ1n) is 7.92. The SMILES string of the molecule is O=C(Cn1c(=O)ccn([C@@H]2O[C@H](CF)[C@@H](O)[C@H]2O)c1=O)c1ccccc1. The van der Waals surface area contributed by atoms with Gasteiger partial charge in [-0.2, -0.15) is 0 Å². The van der Waals surface area contributed by atoms with Gasteiger partial charge in [-0.05, 0) is 0 Å². The van der Waals surface area contributed by atoms with Crippen LogP contribution in [0.25, 0.3) is 0 Å². The highest BCUT2D eigenvalue weighted by molar-refractivity contribution is 5.95. The second-order valence-corrected chi connectivity index (χ2v) is 5.92. The van der Waals surface area contributed by atoms with Crippen LogP contribution in [0.3, 0.4) is 0 Å². The van der Waals surface area contributed by atoms with Gasteiger partial charge in [-0.3, -0.25) is 18.7 Å². The van der Waals surface area contributed by atoms with E-state index in [1.807, 2.05) is 0 Å². The van der Waals surface area contributed by atoms with E-state index in [1.165, 1.54) is 0 Å². The summed E-state index contributed by atoms with van der Waals surface area (Å²) < 4.78 is 19.6. The molecule has 1 aromatic heterocycles. The minimum atomic E-state index is -1.55. The van der Waals surface area contributed by atoms with Gasteiger partial charge in [0, 0.05) is 17.8 Å². The fourth-order valence-electron chi connectivity index (χ4n) is 2.82. The number of aliphatic hydroxyl groups excluding tert-OH is 2. The largest absolute Gasteiger partial charge is 0.387 e. The van der Waals surface area contributed by atoms with Gasteiger partial charge in [-0.1, -0.05) is 30.3 Å². The van der Waals surface area contributed by atoms with Crippen molar-refractivity contribution in [3.8, 4) is 0 Å². The number of halogens is 1. The highest BCUT2D eigenvalue weighted by Gasteiger charge is 2.44. The molecule has 1 aliphatic heterocycles. The Morgan fingerprint density at radius 1 is 1.12 bits per heavy atom. The second kappa shape index (κ2) is 7.32. The van der Waals surface area contributed by atoms with Crippen LogP contribution in [0.15, 0.2) is 52.2 Å². The maximum absolute atomic E-state index is 12.8. The molecule has 0 spiro atoms. The predicted molar refractivity (Wildman–Crippen MR) is 87.6 cm³/mol. The van der Waals surface area contributed by atoms with Crippen LogP contribution < -0.4 is 11.2 Å². The number of benzene rings is 1. The molecular weight excluding hydrogens is 347 g/mol. The summed E-state index contributed by atoms with van der Waals surface area (Å²) in [6.45, 7) is -1.55. The number of aliphatic hydroxyl groups is 2. The molecule has 0 amide bonds. The van der Waals surface area contributed by atoms with E-state index in [1.54, 1.807) is 30.3 Å². The first kappa shape index (κ1) is 18.2. The number of carbonyl (C=O) groups excluding carboxylic acids is 1. The third kappa shape index (κ3) is 3.24. The number of alkyl halides is 1. The number of ketones is 1. The van der Waals surface area contributed by atoms with Crippen molar-refractivity contribution in [2.75, 3.05) is 6.67 Å². The normalized spacial score (nSPS) is 25.3. The van der Waals surface area contributed by atoms with Crippen LogP contribution in [-0.4, -0.2) is 50.1 Å². The molecule has 8 nitrogen and oxygen atoms in total. The topological polar surface area (TPSA) is 111 Å². The summed E-state index contributed by atoms with van der Waals surface area (Å²) in [5, 5.41) is 19.7. The number of ether oxygens (including phenoxy) is 1. The van der Waals surface area contributed by atoms with Gasteiger partial charge in [0.05, 0.1) is 6.54 Å². The van der Waals surface area contributed by atoms with E-state index >= 15 is 0 Å². The maximum Gasteiger partial charge on any atom is 0.333 e. The second-order valence-electron chi connectivity index (χ2n) is 5.92. The summed E-state index contributed by atoms with van der Waals surface area (Å²) >= 11 is 0. The van der Waals surface area contributed by atoms with Crippen molar-refractivity contribution in [1.82, 2.24) is 9.13 Å². The Kier molecular flexibility index (Phi) is 5.12. The highest BCUT2D eigenvalue weighted by atomic mass is 19.1. The average Bonchev–Trinajstić information content (AvgIpc) is 2.94. The maximum atomic E-state index is 12.8. The Hall–Kier alpha value is -2.62. The van der Waals surface area contributed by atoms with E-state index in [2.05, 4.69) is 0 Å². The van der Waals surface area contributed by atoms with Crippen molar-refractivity contribution in [1.29, 1.82) is 0 Å². The minimum absolute atomic E-state index is 0.333. The van der Waals surface area contributed by atoms with Gasteiger partial charge in [-0.25, -0.2) is 9.18 Å². The molecule has 138 valence electrons. The van der Waals surface area contributed by atoms with Crippen molar-refractivity contribution < 1.29 is 24.1 Å². The van der Waals surface area contributed by atoms with Gasteiger partial charge in [0.2, 0.25) is 0 Å². The van der Waals surface area contributed by atoms with E-state index in [4.69, 9.17) is 4.74 Å². The molecule has 0 saturated carbocycles. The fraction of sp³-hybridized carbons (Fsp3) is 0.353. The molecule has 1 aromatic carbocycles. The molecule has 1 fully saturated rings. The Morgan fingerprint density at radius 2 is 1.81 bits per heavy atom. The standard InChI is InChI=1S/C17H17FN2O6/c18-8-12-14(23)15(24)16(26-12)19-7-6-13(22)20(17(19)25)9-11(21)10-4-2-1-3-5-10/h1-7,12,14-16,23-24H,8-9H2/t12-,14-,15-,16-/m1/s1. The lowest BCUT2D eigenvalue weighted by Gasteiger charge is -2.18. The molecule has 2 aromatic rings. The van der Waals surface area contributed by atoms with Gasteiger partial charge < -0.3 is 14.9 Å². The molecule has 0 aliphatic carbocycles. The van der Waals surface area contributed by atoms with Gasteiger partial charge in [0.25, 0.3) is 5.56 Å². The number of rotatable bonds is 5. The van der Waals surface area contributed by atoms with Crippen LogP contribution in [0.4, 0.5) is 4.39 Å². The van der Waals surface area contributed by atoms with E-state index < -0.39 is 54.8 Å². The first-order chi connectivity index (χ1) is 12.4. The monoisotopic (exact) mass is 364 g/mol. The summed E-state index contributed by atoms with van der Waals surface area (Å²) in [6, 6.07) is 9.18. The molecular formula is C17H17FN2O6. The van der Waals surface area contributed by atoms with E-state index in [-0.39, 0.29) is 0 Å². The quantitative estimate of drug-likeness (QED) is 0.691. The van der Waals surface area contributed by atoms with Crippen LogP contribution in [-0.2, 0) is 11.3 Å². The zero-order chi connectivity index (χ0) is 18.8. The number of hydrogen-bond acceptors (Lipinski definition) is 6. The molecule has 2 heterocycles. The molecule has 26 heavy (non-hydrogen) atoms. The lowest BCUT2D eigenvalue weighted by molar-refractivity contribution is -0.0461. The van der Waals surface area contributed by atoms with Crippen LogP contribution in [0.1, 0.15) is 16.6 Å². The van der Waals surface area contributed by atoms with Crippen LogP contribution in [0.5, 0.6) is 0 Å². The Morgan fingerprint density at radius 3 is 2.42 bits per heavy atom. The summed E-state index contributed by atoms with van der Waals surface area (Å²) in [4.78, 5) is 36.9. The number of carbonyl (C=O) groups is 1. The summed E-state index contributed by atoms with van der Waals surface area (Å²) in [7, 11) is 0. The molecule has 0 unspecified atom stereocenters. The molecule has 0 radical (unpaired) electrons. The summed E-state index contributed by atoms with van der Waals surface area (Å²) in [6.07, 6.45) is -4.63. The third-order valence-electron chi connectivity index (χ3n) is 4.26. The summed E-state index contributed by atoms with van der Waals surface area (Å²) in [5.74, 6) is -0.447. The van der Waals surface area contributed by atoms with Gasteiger partial charge in [0.1, 0.15) is 25.0 Å². The lowest BCUT2D eigenvalue weighted by Crippen LogP contribution is -2.44. The smallest absolute Gasteiger partial charge is 0.333 e. The average molecular weight is 364 g/mol. The van der Waals surface area contributed by atoms with Crippen molar-refractivity contribution >= 4 is 5.78 Å². The summed E-state index contributed by atoms with van der Waals surface area (Å²) in [5.41, 5.74) is -1.28. The van der Waals surface area contributed by atoms with Crippen molar-refractivity contribution in [3.63, 3.8) is 0 Å². The minimum Gasteiger partial charge on any atom is -0.387 e. The number of Topliss-reactive ketones (excluding diaryl/α,β-unsaturated/α-hetero) is 1. The molecule has 0 bridgehead atoms. The molecule has 3 rings (SSSR count). The molecule has 9 heteroatoms. The fourth-order valence-corrected chi connectivity index (χ4v) is 2.82. The molecule has 1 aliphatic rings. The lowest BCUT2D eigenvalue weighted by atomic mass is 10.1. The van der Waals surface area contributed by atoms with Crippen LogP contribution in [0, 0.1) is 0 Å². The molecule has 1 saturated heterocycles. The predicted octanol–water partition coefficient (Wildman–Crippen LogP) is -0.518. The van der Waals surface area contributed by atoms with Gasteiger partial charge in [0.15, 0.2) is 12.0 Å². The van der Waals surface area contributed by atoms with Gasteiger partial charge in [-0.15, -0.1) is 0 Å². The first-order valence-corrected chi connectivity index (χ1v) is 7.92. The highest BCUT2D eigenvalue weighted by Crippen LogP contribution is 2.28. The van der Waals surface area contributed by atoms with Crippen LogP contribution >= 0.6 is 0 Å². The Bertz CT molecular complexity index is 909.